The zero-order valence-corrected chi connectivity index (χ0v) is 14.5. The minimum Gasteiger partial charge on any atom is -0.486 e. The zero-order chi connectivity index (χ0) is 18.4. The summed E-state index contributed by atoms with van der Waals surface area (Å²) in [4.78, 5) is 28.4. The molecule has 7 nitrogen and oxygen atoms in total. The Labute approximate surface area is 151 Å². The van der Waals surface area contributed by atoms with Crippen LogP contribution in [0.25, 0.3) is 0 Å². The van der Waals surface area contributed by atoms with Crippen molar-refractivity contribution in [2.75, 3.05) is 20.3 Å². The second-order valence-electron chi connectivity index (χ2n) is 5.73. The van der Waals surface area contributed by atoms with Gasteiger partial charge in [0.05, 0.1) is 7.11 Å². The number of methoxy groups -OCH3 is 1. The number of nitrogens with zero attached hydrogens (tertiary/aromatic N) is 1. The monoisotopic (exact) mass is 356 g/mol. The Morgan fingerprint density at radius 3 is 2.77 bits per heavy atom. The first-order chi connectivity index (χ1) is 12.7. The molecule has 136 valence electrons. The number of nitrogens with one attached hydrogen (secondary N) is 1. The van der Waals surface area contributed by atoms with Crippen LogP contribution in [-0.2, 0) is 11.3 Å². The summed E-state index contributed by atoms with van der Waals surface area (Å²) in [5, 5.41) is 2.77. The van der Waals surface area contributed by atoms with Gasteiger partial charge in [-0.2, -0.15) is 0 Å². The first-order valence-corrected chi connectivity index (χ1v) is 8.35. The number of ketones is 1. The smallest absolute Gasteiger partial charge is 0.220 e. The number of rotatable bonds is 7. The summed E-state index contributed by atoms with van der Waals surface area (Å²) in [6.07, 6.45) is 1.85. The molecule has 2 heterocycles. The number of carbonyl (C=O) groups excluding carboxylic acids is 2. The van der Waals surface area contributed by atoms with Crippen molar-refractivity contribution in [3.05, 3.63) is 47.7 Å². The molecule has 2 aromatic rings. The van der Waals surface area contributed by atoms with E-state index in [-0.39, 0.29) is 24.5 Å². The van der Waals surface area contributed by atoms with Crippen LogP contribution in [-0.4, -0.2) is 37.0 Å². The average Bonchev–Trinajstić information content (AvgIpc) is 2.70. The number of fused-ring (bicyclic) bond motifs is 1. The molecule has 0 spiro atoms. The van der Waals surface area contributed by atoms with Crippen molar-refractivity contribution in [2.24, 2.45) is 0 Å². The minimum atomic E-state index is -0.207. The van der Waals surface area contributed by atoms with Crippen molar-refractivity contribution >= 4 is 11.7 Å². The second kappa shape index (κ2) is 8.33. The lowest BCUT2D eigenvalue weighted by atomic mass is 10.1. The highest BCUT2D eigenvalue weighted by molar-refractivity contribution is 5.98. The number of benzene rings is 1. The van der Waals surface area contributed by atoms with Crippen LogP contribution in [0.3, 0.4) is 0 Å². The Balaban J connectivity index is 1.50. The highest BCUT2D eigenvalue weighted by Gasteiger charge is 2.16. The number of pyridine rings is 1. The highest BCUT2D eigenvalue weighted by Crippen LogP contribution is 2.31. The topological polar surface area (TPSA) is 86.8 Å². The largest absolute Gasteiger partial charge is 0.486 e. The average molecular weight is 356 g/mol. The van der Waals surface area contributed by atoms with E-state index in [1.165, 1.54) is 7.11 Å². The number of amides is 1. The van der Waals surface area contributed by atoms with Crippen LogP contribution >= 0.6 is 0 Å². The highest BCUT2D eigenvalue weighted by atomic mass is 16.6. The molecule has 1 aliphatic rings. The third kappa shape index (κ3) is 4.30. The maximum absolute atomic E-state index is 12.3. The molecule has 0 fully saturated rings. The summed E-state index contributed by atoms with van der Waals surface area (Å²) in [5.74, 6) is 1.35. The summed E-state index contributed by atoms with van der Waals surface area (Å²) in [6.45, 7) is 1.26. The Bertz CT molecular complexity index is 806. The molecule has 0 bridgehead atoms. The van der Waals surface area contributed by atoms with Gasteiger partial charge in [0.2, 0.25) is 11.8 Å². The van der Waals surface area contributed by atoms with E-state index in [1.54, 1.807) is 30.5 Å². The first kappa shape index (κ1) is 17.7. The van der Waals surface area contributed by atoms with Crippen molar-refractivity contribution in [3.8, 4) is 17.4 Å². The second-order valence-corrected chi connectivity index (χ2v) is 5.73. The normalized spacial score (nSPS) is 12.3. The van der Waals surface area contributed by atoms with Crippen molar-refractivity contribution in [3.63, 3.8) is 0 Å². The Hall–Kier alpha value is -3.09. The maximum Gasteiger partial charge on any atom is 0.220 e. The van der Waals surface area contributed by atoms with E-state index in [2.05, 4.69) is 10.3 Å². The van der Waals surface area contributed by atoms with Crippen molar-refractivity contribution in [2.45, 2.75) is 19.4 Å². The molecule has 0 aliphatic carbocycles. The third-order valence-electron chi connectivity index (χ3n) is 3.96. The molecule has 1 N–H and O–H groups in total. The van der Waals surface area contributed by atoms with Gasteiger partial charge in [-0.3, -0.25) is 9.59 Å². The number of hydrogen-bond acceptors (Lipinski definition) is 6. The molecule has 0 saturated heterocycles. The van der Waals surface area contributed by atoms with Gasteiger partial charge in [0, 0.05) is 36.7 Å². The van der Waals surface area contributed by atoms with E-state index in [1.807, 2.05) is 6.07 Å². The van der Waals surface area contributed by atoms with Crippen molar-refractivity contribution in [1.29, 1.82) is 0 Å². The molecular weight excluding hydrogens is 336 g/mol. The Morgan fingerprint density at radius 1 is 1.15 bits per heavy atom. The van der Waals surface area contributed by atoms with Gasteiger partial charge in [-0.15, -0.1) is 0 Å². The molecule has 3 rings (SSSR count). The summed E-state index contributed by atoms with van der Waals surface area (Å²) in [5.41, 5.74) is 1.29. The molecule has 7 heteroatoms. The first-order valence-electron chi connectivity index (χ1n) is 8.35. The SMILES string of the molecule is COc1ncccc1CNC(=O)CCC(=O)c1ccc2c(c1)OCCO2. The van der Waals surface area contributed by atoms with Gasteiger partial charge in [-0.05, 0) is 24.3 Å². The molecule has 0 atom stereocenters. The maximum atomic E-state index is 12.3. The van der Waals surface area contributed by atoms with Gasteiger partial charge in [-0.25, -0.2) is 4.98 Å². The zero-order valence-electron chi connectivity index (χ0n) is 14.5. The number of Topliss-reactive ketones (excluding diaryl/α,β-unsaturated/α-hetero) is 1. The fourth-order valence-corrected chi connectivity index (χ4v) is 2.61. The molecule has 0 unspecified atom stereocenters. The van der Waals surface area contributed by atoms with Gasteiger partial charge in [0.1, 0.15) is 13.2 Å². The summed E-state index contributed by atoms with van der Waals surface area (Å²) in [6, 6.07) is 8.67. The molecule has 26 heavy (non-hydrogen) atoms. The van der Waals surface area contributed by atoms with Gasteiger partial charge in [0.25, 0.3) is 0 Å². The van der Waals surface area contributed by atoms with E-state index in [4.69, 9.17) is 14.2 Å². The van der Waals surface area contributed by atoms with Crippen LogP contribution in [0.4, 0.5) is 0 Å². The fraction of sp³-hybridized carbons (Fsp3) is 0.316. The number of aromatic nitrogens is 1. The number of carbonyl (C=O) groups is 2. The molecule has 0 saturated carbocycles. The standard InChI is InChI=1S/C19H20N2O5/c1-24-19-14(3-2-8-20-19)12-21-18(23)7-5-15(22)13-4-6-16-17(11-13)26-10-9-25-16/h2-4,6,8,11H,5,7,9-10,12H2,1H3,(H,21,23). The summed E-state index contributed by atoms with van der Waals surface area (Å²) in [7, 11) is 1.53. The third-order valence-corrected chi connectivity index (χ3v) is 3.96. The predicted molar refractivity (Wildman–Crippen MR) is 93.6 cm³/mol. The van der Waals surface area contributed by atoms with Crippen LogP contribution in [0.1, 0.15) is 28.8 Å². The van der Waals surface area contributed by atoms with Gasteiger partial charge in [0.15, 0.2) is 17.3 Å². The molecule has 0 radical (unpaired) electrons. The van der Waals surface area contributed by atoms with Crippen molar-refractivity contribution in [1.82, 2.24) is 10.3 Å². The lowest BCUT2D eigenvalue weighted by molar-refractivity contribution is -0.121. The van der Waals surface area contributed by atoms with Gasteiger partial charge < -0.3 is 19.5 Å². The van der Waals surface area contributed by atoms with Crippen LogP contribution in [0.5, 0.6) is 17.4 Å². The number of ether oxygens (including phenoxy) is 3. The fourth-order valence-electron chi connectivity index (χ4n) is 2.61. The Kier molecular flexibility index (Phi) is 5.68. The molecule has 1 aromatic heterocycles. The van der Waals surface area contributed by atoms with Gasteiger partial charge in [-0.1, -0.05) is 6.07 Å². The summed E-state index contributed by atoms with van der Waals surface area (Å²) >= 11 is 0. The van der Waals surface area contributed by atoms with E-state index in [9.17, 15) is 9.59 Å². The van der Waals surface area contributed by atoms with E-state index >= 15 is 0 Å². The minimum absolute atomic E-state index is 0.107. The number of hydrogen-bond donors (Lipinski definition) is 1. The molecular formula is C19H20N2O5. The van der Waals surface area contributed by atoms with Gasteiger partial charge >= 0.3 is 0 Å². The Morgan fingerprint density at radius 2 is 1.96 bits per heavy atom. The van der Waals surface area contributed by atoms with E-state index < -0.39 is 0 Å². The molecule has 1 aromatic carbocycles. The van der Waals surface area contributed by atoms with Crippen LogP contribution in [0, 0.1) is 0 Å². The van der Waals surface area contributed by atoms with Crippen LogP contribution in [0.2, 0.25) is 0 Å². The van der Waals surface area contributed by atoms with E-state index in [0.717, 1.165) is 5.56 Å². The molecule has 1 aliphatic heterocycles. The molecule has 1 amide bonds. The van der Waals surface area contributed by atoms with E-state index in [0.29, 0.717) is 42.7 Å². The lowest BCUT2D eigenvalue weighted by Crippen LogP contribution is -2.23. The van der Waals surface area contributed by atoms with Crippen molar-refractivity contribution < 1.29 is 23.8 Å². The van der Waals surface area contributed by atoms with Crippen LogP contribution < -0.4 is 19.5 Å². The lowest BCUT2D eigenvalue weighted by Gasteiger charge is -2.18. The van der Waals surface area contributed by atoms with Crippen LogP contribution in [0.15, 0.2) is 36.5 Å². The predicted octanol–water partition coefficient (Wildman–Crippen LogP) is 2.14. The quantitative estimate of drug-likeness (QED) is 0.765. The summed E-state index contributed by atoms with van der Waals surface area (Å²) < 4.78 is 16.0.